The Morgan fingerprint density at radius 3 is 2.81 bits per heavy atom. The molecule has 5 nitrogen and oxygen atoms in total. The van der Waals surface area contributed by atoms with Crippen LogP contribution in [-0.2, 0) is 14.3 Å². The summed E-state index contributed by atoms with van der Waals surface area (Å²) in [6, 6.07) is 0. The number of hydrogen-bond acceptors (Lipinski definition) is 4. The fourth-order valence-corrected chi connectivity index (χ4v) is 1.87. The summed E-state index contributed by atoms with van der Waals surface area (Å²) in [6.45, 7) is 6.47. The number of nitrogens with zero attached hydrogens (tertiary/aromatic N) is 1. The first kappa shape index (κ1) is 13.0. The second-order valence-electron chi connectivity index (χ2n) is 4.75. The molecule has 1 amide bonds. The van der Waals surface area contributed by atoms with E-state index in [1.807, 2.05) is 13.8 Å². The Kier molecular flexibility index (Phi) is 4.29. The van der Waals surface area contributed by atoms with Crippen LogP contribution >= 0.6 is 0 Å². The number of methoxy groups -OCH3 is 1. The van der Waals surface area contributed by atoms with E-state index < -0.39 is 5.41 Å². The van der Waals surface area contributed by atoms with Crippen molar-refractivity contribution in [3.8, 4) is 0 Å². The Bertz CT molecular complexity index is 276. The molecule has 1 saturated heterocycles. The predicted molar refractivity (Wildman–Crippen MR) is 59.9 cm³/mol. The van der Waals surface area contributed by atoms with Crippen molar-refractivity contribution in [3.63, 3.8) is 0 Å². The van der Waals surface area contributed by atoms with Gasteiger partial charge in [0.05, 0.1) is 12.5 Å². The average molecular weight is 228 g/mol. The Morgan fingerprint density at radius 1 is 1.50 bits per heavy atom. The number of rotatable bonds is 3. The van der Waals surface area contributed by atoms with Gasteiger partial charge in [-0.15, -0.1) is 0 Å². The lowest BCUT2D eigenvalue weighted by molar-refractivity contribution is -0.151. The van der Waals surface area contributed by atoms with Gasteiger partial charge in [0.15, 0.2) is 0 Å². The molecule has 5 heteroatoms. The van der Waals surface area contributed by atoms with Crippen molar-refractivity contribution in [1.29, 1.82) is 0 Å². The van der Waals surface area contributed by atoms with Crippen LogP contribution in [0.3, 0.4) is 0 Å². The Balaban J connectivity index is 2.52. The highest BCUT2D eigenvalue weighted by atomic mass is 16.5. The van der Waals surface area contributed by atoms with E-state index in [1.54, 1.807) is 0 Å². The quantitative estimate of drug-likeness (QED) is 0.691. The number of esters is 1. The minimum Gasteiger partial charge on any atom is -0.469 e. The van der Waals surface area contributed by atoms with Gasteiger partial charge in [-0.3, -0.25) is 14.5 Å². The summed E-state index contributed by atoms with van der Waals surface area (Å²) in [7, 11) is 1.40. The van der Waals surface area contributed by atoms with Crippen molar-refractivity contribution in [3.05, 3.63) is 0 Å². The first-order valence-electron chi connectivity index (χ1n) is 5.53. The summed E-state index contributed by atoms with van der Waals surface area (Å²) >= 11 is 0. The standard InChI is InChI=1S/C11H20N2O3/c1-11(2,10(15)16-3)8-13-6-4-9(14)12-5-7-13/h4-8H2,1-3H3,(H,12,14). The van der Waals surface area contributed by atoms with Crippen LogP contribution in [0.15, 0.2) is 0 Å². The molecule has 0 aromatic heterocycles. The molecule has 1 N–H and O–H groups in total. The van der Waals surface area contributed by atoms with Gasteiger partial charge in [-0.05, 0) is 13.8 Å². The minimum atomic E-state index is -0.526. The van der Waals surface area contributed by atoms with E-state index in [2.05, 4.69) is 10.2 Å². The van der Waals surface area contributed by atoms with Gasteiger partial charge >= 0.3 is 5.97 Å². The zero-order valence-electron chi connectivity index (χ0n) is 10.2. The molecule has 0 radical (unpaired) electrons. The highest BCUT2D eigenvalue weighted by Crippen LogP contribution is 2.19. The molecular formula is C11H20N2O3. The molecular weight excluding hydrogens is 208 g/mol. The Labute approximate surface area is 96.1 Å². The van der Waals surface area contributed by atoms with Gasteiger partial charge in [-0.2, -0.15) is 0 Å². The van der Waals surface area contributed by atoms with Crippen molar-refractivity contribution >= 4 is 11.9 Å². The third kappa shape index (κ3) is 3.48. The first-order valence-corrected chi connectivity index (χ1v) is 5.53. The van der Waals surface area contributed by atoms with E-state index >= 15 is 0 Å². The van der Waals surface area contributed by atoms with Gasteiger partial charge in [-0.1, -0.05) is 0 Å². The summed E-state index contributed by atoms with van der Waals surface area (Å²) in [5, 5.41) is 2.81. The molecule has 0 saturated carbocycles. The van der Waals surface area contributed by atoms with Crippen LogP contribution in [0.25, 0.3) is 0 Å². The molecule has 92 valence electrons. The Hall–Kier alpha value is -1.10. The average Bonchev–Trinajstić information content (AvgIpc) is 2.42. The lowest BCUT2D eigenvalue weighted by Crippen LogP contribution is -2.41. The number of amides is 1. The molecule has 16 heavy (non-hydrogen) atoms. The smallest absolute Gasteiger partial charge is 0.312 e. The molecule has 0 atom stereocenters. The number of hydrogen-bond donors (Lipinski definition) is 1. The summed E-state index contributed by atoms with van der Waals surface area (Å²) < 4.78 is 4.76. The van der Waals surface area contributed by atoms with E-state index in [4.69, 9.17) is 4.74 Å². The maximum absolute atomic E-state index is 11.5. The van der Waals surface area contributed by atoms with Crippen LogP contribution in [0.5, 0.6) is 0 Å². The second-order valence-corrected chi connectivity index (χ2v) is 4.75. The van der Waals surface area contributed by atoms with Gasteiger partial charge in [0.1, 0.15) is 0 Å². The molecule has 1 rings (SSSR count). The summed E-state index contributed by atoms with van der Waals surface area (Å²) in [5.41, 5.74) is -0.526. The van der Waals surface area contributed by atoms with Crippen LogP contribution in [0.1, 0.15) is 20.3 Å². The van der Waals surface area contributed by atoms with E-state index in [1.165, 1.54) is 7.11 Å². The molecule has 0 aliphatic carbocycles. The van der Waals surface area contributed by atoms with Crippen molar-refractivity contribution in [2.45, 2.75) is 20.3 Å². The van der Waals surface area contributed by atoms with Gasteiger partial charge in [0, 0.05) is 32.6 Å². The number of carbonyl (C=O) groups excluding carboxylic acids is 2. The maximum Gasteiger partial charge on any atom is 0.312 e. The number of nitrogens with one attached hydrogen (secondary N) is 1. The van der Waals surface area contributed by atoms with Crippen molar-refractivity contribution < 1.29 is 14.3 Å². The molecule has 1 fully saturated rings. The van der Waals surface area contributed by atoms with E-state index in [0.717, 1.165) is 6.54 Å². The van der Waals surface area contributed by atoms with Gasteiger partial charge in [0.25, 0.3) is 0 Å². The number of carbonyl (C=O) groups is 2. The molecule has 0 aromatic carbocycles. The Morgan fingerprint density at radius 2 is 2.19 bits per heavy atom. The van der Waals surface area contributed by atoms with Crippen LogP contribution in [0, 0.1) is 5.41 Å². The molecule has 1 aliphatic heterocycles. The third-order valence-electron chi connectivity index (χ3n) is 2.76. The van der Waals surface area contributed by atoms with Gasteiger partial charge < -0.3 is 10.1 Å². The summed E-state index contributed by atoms with van der Waals surface area (Å²) in [6.07, 6.45) is 0.497. The van der Waals surface area contributed by atoms with Gasteiger partial charge in [0.2, 0.25) is 5.91 Å². The third-order valence-corrected chi connectivity index (χ3v) is 2.76. The zero-order valence-corrected chi connectivity index (χ0v) is 10.2. The van der Waals surface area contributed by atoms with Crippen molar-refractivity contribution in [2.75, 3.05) is 33.3 Å². The summed E-state index contributed by atoms with van der Waals surface area (Å²) in [5.74, 6) is -0.130. The monoisotopic (exact) mass is 228 g/mol. The summed E-state index contributed by atoms with van der Waals surface area (Å²) in [4.78, 5) is 24.8. The lowest BCUT2D eigenvalue weighted by Gasteiger charge is -2.29. The SMILES string of the molecule is COC(=O)C(C)(C)CN1CCNC(=O)CC1. The maximum atomic E-state index is 11.5. The van der Waals surface area contributed by atoms with Crippen molar-refractivity contribution in [1.82, 2.24) is 10.2 Å². The fraction of sp³-hybridized carbons (Fsp3) is 0.818. The van der Waals surface area contributed by atoms with Crippen LogP contribution in [0.4, 0.5) is 0 Å². The van der Waals surface area contributed by atoms with Crippen LogP contribution < -0.4 is 5.32 Å². The fourth-order valence-electron chi connectivity index (χ4n) is 1.87. The lowest BCUT2D eigenvalue weighted by atomic mass is 9.93. The largest absolute Gasteiger partial charge is 0.469 e. The van der Waals surface area contributed by atoms with E-state index in [9.17, 15) is 9.59 Å². The minimum absolute atomic E-state index is 0.0818. The predicted octanol–water partition coefficient (Wildman–Crippen LogP) is 0.00750. The highest BCUT2D eigenvalue weighted by molar-refractivity contribution is 5.77. The molecule has 1 aliphatic rings. The second kappa shape index (κ2) is 5.30. The topological polar surface area (TPSA) is 58.6 Å². The first-order chi connectivity index (χ1) is 7.45. The molecule has 0 aromatic rings. The van der Waals surface area contributed by atoms with Crippen LogP contribution in [-0.4, -0.2) is 50.1 Å². The van der Waals surface area contributed by atoms with Gasteiger partial charge in [-0.25, -0.2) is 0 Å². The molecule has 1 heterocycles. The van der Waals surface area contributed by atoms with Crippen LogP contribution in [0.2, 0.25) is 0 Å². The number of ether oxygens (including phenoxy) is 1. The van der Waals surface area contributed by atoms with Crippen molar-refractivity contribution in [2.24, 2.45) is 5.41 Å². The highest BCUT2D eigenvalue weighted by Gasteiger charge is 2.31. The van der Waals surface area contributed by atoms with E-state index in [-0.39, 0.29) is 11.9 Å². The molecule has 0 spiro atoms. The molecule has 0 unspecified atom stereocenters. The normalized spacial score (nSPS) is 18.8. The zero-order chi connectivity index (χ0) is 12.2. The molecule has 0 bridgehead atoms. The van der Waals surface area contributed by atoms with E-state index in [0.29, 0.717) is 26.1 Å².